The van der Waals surface area contributed by atoms with Crippen LogP contribution in [0.15, 0.2) is 87.8 Å². The number of rotatable bonds is 4. The predicted octanol–water partition coefficient (Wildman–Crippen LogP) is 6.02. The average Bonchev–Trinajstić information content (AvgIpc) is 2.74. The lowest BCUT2D eigenvalue weighted by Gasteiger charge is -2.19. The zero-order valence-corrected chi connectivity index (χ0v) is 18.7. The van der Waals surface area contributed by atoms with Crippen LogP contribution in [0.4, 0.5) is 5.69 Å². The van der Waals surface area contributed by atoms with Crippen molar-refractivity contribution in [3.05, 3.63) is 105 Å². The van der Waals surface area contributed by atoms with Crippen molar-refractivity contribution in [2.45, 2.75) is 4.90 Å². The Labute approximate surface area is 194 Å². The maximum absolute atomic E-state index is 13.0. The van der Waals surface area contributed by atoms with E-state index in [9.17, 15) is 13.2 Å². The molecule has 0 atom stereocenters. The van der Waals surface area contributed by atoms with Gasteiger partial charge in [0.1, 0.15) is 0 Å². The molecule has 4 rings (SSSR count). The SMILES string of the molecule is O=C1C(Nc2ccc(Cl)c(Cl)c2)=CC(=NS(=O)(=O)c2ccc(Cl)cc2)c2ccccc21. The maximum Gasteiger partial charge on any atom is 0.282 e. The van der Waals surface area contributed by atoms with Crippen LogP contribution in [-0.2, 0) is 10.0 Å². The fourth-order valence-corrected chi connectivity index (χ4v) is 4.44. The molecule has 9 heteroatoms. The number of carbonyl (C=O) groups excluding carboxylic acids is 1. The molecular formula is C22H13Cl3N2O3S. The molecule has 0 bridgehead atoms. The lowest BCUT2D eigenvalue weighted by atomic mass is 9.92. The molecule has 0 aromatic heterocycles. The van der Waals surface area contributed by atoms with Crippen molar-refractivity contribution >= 4 is 62.0 Å². The van der Waals surface area contributed by atoms with E-state index in [0.29, 0.717) is 31.9 Å². The van der Waals surface area contributed by atoms with Crippen LogP contribution in [0.5, 0.6) is 0 Å². The van der Waals surface area contributed by atoms with E-state index >= 15 is 0 Å². The molecule has 0 saturated carbocycles. The summed E-state index contributed by atoms with van der Waals surface area (Å²) in [5.41, 5.74) is 1.56. The van der Waals surface area contributed by atoms with Crippen molar-refractivity contribution in [1.82, 2.24) is 0 Å². The lowest BCUT2D eigenvalue weighted by molar-refractivity contribution is 0.103. The van der Waals surface area contributed by atoms with Crippen LogP contribution in [-0.4, -0.2) is 19.9 Å². The number of sulfonamides is 1. The van der Waals surface area contributed by atoms with Gasteiger partial charge < -0.3 is 5.32 Å². The highest BCUT2D eigenvalue weighted by molar-refractivity contribution is 7.90. The summed E-state index contributed by atoms with van der Waals surface area (Å²) in [7, 11) is -4.04. The highest BCUT2D eigenvalue weighted by Crippen LogP contribution is 2.29. The molecule has 0 saturated heterocycles. The summed E-state index contributed by atoms with van der Waals surface area (Å²) in [6.07, 6.45) is 1.40. The van der Waals surface area contributed by atoms with Crippen molar-refractivity contribution in [2.24, 2.45) is 4.40 Å². The van der Waals surface area contributed by atoms with E-state index in [1.807, 2.05) is 0 Å². The van der Waals surface area contributed by atoms with Crippen molar-refractivity contribution < 1.29 is 13.2 Å². The number of fused-ring (bicyclic) bond motifs is 1. The second kappa shape index (κ2) is 8.48. The Bertz CT molecular complexity index is 1370. The molecule has 3 aromatic carbocycles. The van der Waals surface area contributed by atoms with E-state index in [1.165, 1.54) is 30.3 Å². The van der Waals surface area contributed by atoms with E-state index in [2.05, 4.69) is 9.71 Å². The van der Waals surface area contributed by atoms with Crippen LogP contribution in [0.25, 0.3) is 0 Å². The number of anilines is 1. The Hall–Kier alpha value is -2.64. The first-order chi connectivity index (χ1) is 14.7. The molecule has 1 aliphatic carbocycles. The van der Waals surface area contributed by atoms with Crippen LogP contribution in [0.3, 0.4) is 0 Å². The predicted molar refractivity (Wildman–Crippen MR) is 124 cm³/mol. The second-order valence-corrected chi connectivity index (χ2v) is 9.45. The number of hydrogen-bond acceptors (Lipinski definition) is 4. The van der Waals surface area contributed by atoms with E-state index < -0.39 is 10.0 Å². The van der Waals surface area contributed by atoms with Crippen LogP contribution in [0.2, 0.25) is 15.1 Å². The number of nitrogens with zero attached hydrogens (tertiary/aromatic N) is 1. The number of benzene rings is 3. The minimum Gasteiger partial charge on any atom is -0.352 e. The van der Waals surface area contributed by atoms with Gasteiger partial charge in [-0.3, -0.25) is 4.79 Å². The van der Waals surface area contributed by atoms with Gasteiger partial charge in [-0.2, -0.15) is 12.8 Å². The van der Waals surface area contributed by atoms with E-state index in [4.69, 9.17) is 34.8 Å². The third kappa shape index (κ3) is 4.52. The Morgan fingerprint density at radius 3 is 2.16 bits per heavy atom. The Kier molecular flexibility index (Phi) is 5.90. The zero-order chi connectivity index (χ0) is 22.2. The van der Waals surface area contributed by atoms with Crippen molar-refractivity contribution in [1.29, 1.82) is 0 Å². The fraction of sp³-hybridized carbons (Fsp3) is 0. The highest BCUT2D eigenvalue weighted by atomic mass is 35.5. The molecule has 5 nitrogen and oxygen atoms in total. The normalized spacial score (nSPS) is 14.9. The minimum atomic E-state index is -4.04. The van der Waals surface area contributed by atoms with Gasteiger partial charge in [-0.1, -0.05) is 59.1 Å². The molecule has 0 amide bonds. The Morgan fingerprint density at radius 2 is 1.48 bits per heavy atom. The largest absolute Gasteiger partial charge is 0.352 e. The molecule has 1 N–H and O–H groups in total. The standard InChI is InChI=1S/C22H13Cl3N2O3S/c23-13-5-8-15(9-6-13)31(29,30)27-20-12-21(22(28)17-4-2-1-3-16(17)20)26-14-7-10-18(24)19(25)11-14/h1-12,26H. The number of allylic oxidation sites excluding steroid dienone is 2. The van der Waals surface area contributed by atoms with Crippen LogP contribution < -0.4 is 5.32 Å². The number of hydrogen-bond donors (Lipinski definition) is 1. The monoisotopic (exact) mass is 490 g/mol. The quantitative estimate of drug-likeness (QED) is 0.484. The van der Waals surface area contributed by atoms with E-state index in [-0.39, 0.29) is 22.1 Å². The van der Waals surface area contributed by atoms with Crippen LogP contribution in [0.1, 0.15) is 15.9 Å². The molecule has 0 fully saturated rings. The van der Waals surface area contributed by atoms with Gasteiger partial charge in [0.15, 0.2) is 0 Å². The highest BCUT2D eigenvalue weighted by Gasteiger charge is 2.26. The second-order valence-electron chi connectivity index (χ2n) is 6.59. The van der Waals surface area contributed by atoms with Crippen molar-refractivity contribution in [3.63, 3.8) is 0 Å². The Balaban J connectivity index is 1.80. The van der Waals surface area contributed by atoms with Gasteiger partial charge >= 0.3 is 0 Å². The van der Waals surface area contributed by atoms with Gasteiger partial charge in [0.05, 0.1) is 26.3 Å². The lowest BCUT2D eigenvalue weighted by Crippen LogP contribution is -2.22. The molecule has 3 aromatic rings. The fourth-order valence-electron chi connectivity index (χ4n) is 3.02. The first-order valence-electron chi connectivity index (χ1n) is 8.93. The zero-order valence-electron chi connectivity index (χ0n) is 15.6. The summed E-state index contributed by atoms with van der Waals surface area (Å²) in [5, 5.41) is 4.08. The molecule has 0 spiro atoms. The molecule has 1 aliphatic rings. The number of ketones is 1. The van der Waals surface area contributed by atoms with Gasteiger partial charge in [0.2, 0.25) is 5.78 Å². The number of halogens is 3. The van der Waals surface area contributed by atoms with Crippen molar-refractivity contribution in [3.8, 4) is 0 Å². The van der Waals surface area contributed by atoms with Gasteiger partial charge in [-0.15, -0.1) is 0 Å². The first kappa shape index (κ1) is 21.6. The number of nitrogens with one attached hydrogen (secondary N) is 1. The van der Waals surface area contributed by atoms with E-state index in [0.717, 1.165) is 0 Å². The molecule has 0 unspecified atom stereocenters. The number of carbonyl (C=O) groups is 1. The first-order valence-corrected chi connectivity index (χ1v) is 11.5. The van der Waals surface area contributed by atoms with E-state index in [1.54, 1.807) is 42.5 Å². The summed E-state index contributed by atoms with van der Waals surface area (Å²) in [6, 6.07) is 17.2. The minimum absolute atomic E-state index is 0.00817. The summed E-state index contributed by atoms with van der Waals surface area (Å²) in [4.78, 5) is 13.0. The van der Waals surface area contributed by atoms with Gasteiger partial charge in [-0.05, 0) is 48.5 Å². The average molecular weight is 492 g/mol. The molecule has 0 aliphatic heterocycles. The van der Waals surface area contributed by atoms with Crippen LogP contribution in [0, 0.1) is 0 Å². The molecular weight excluding hydrogens is 479 g/mol. The van der Waals surface area contributed by atoms with Gasteiger partial charge in [-0.25, -0.2) is 0 Å². The molecule has 0 heterocycles. The smallest absolute Gasteiger partial charge is 0.282 e. The number of Topliss-reactive ketones (excluding diaryl/α,β-unsaturated/α-hetero) is 1. The Morgan fingerprint density at radius 1 is 0.806 bits per heavy atom. The maximum atomic E-state index is 13.0. The third-order valence-corrected chi connectivity index (χ3v) is 6.80. The summed E-state index contributed by atoms with van der Waals surface area (Å²) < 4.78 is 29.7. The van der Waals surface area contributed by atoms with Crippen molar-refractivity contribution in [2.75, 3.05) is 5.32 Å². The topological polar surface area (TPSA) is 75.6 Å². The summed E-state index contributed by atoms with van der Waals surface area (Å²) in [5.74, 6) is -0.301. The molecule has 31 heavy (non-hydrogen) atoms. The summed E-state index contributed by atoms with van der Waals surface area (Å²) in [6.45, 7) is 0. The molecule has 0 radical (unpaired) electrons. The molecule has 156 valence electrons. The van der Waals surface area contributed by atoms with Gasteiger partial charge in [0, 0.05) is 21.8 Å². The third-order valence-electron chi connectivity index (χ3n) is 4.50. The summed E-state index contributed by atoms with van der Waals surface area (Å²) >= 11 is 17.9. The van der Waals surface area contributed by atoms with Gasteiger partial charge in [0.25, 0.3) is 10.0 Å². The van der Waals surface area contributed by atoms with Crippen LogP contribution >= 0.6 is 34.8 Å².